The molecule has 0 amide bonds. The van der Waals surface area contributed by atoms with Crippen LogP contribution in [-0.2, 0) is 6.42 Å². The van der Waals surface area contributed by atoms with Gasteiger partial charge in [0.05, 0.1) is 0 Å². The zero-order chi connectivity index (χ0) is 16.5. The van der Waals surface area contributed by atoms with Crippen LogP contribution in [-0.4, -0.2) is 16.5 Å². The van der Waals surface area contributed by atoms with Crippen molar-refractivity contribution < 1.29 is 0 Å². The van der Waals surface area contributed by atoms with Crippen molar-refractivity contribution in [1.29, 1.82) is 0 Å². The number of benzene rings is 2. The van der Waals surface area contributed by atoms with E-state index in [-0.39, 0.29) is 0 Å². The third-order valence-corrected chi connectivity index (χ3v) is 5.23. The number of anilines is 3. The molecule has 2 N–H and O–H groups in total. The van der Waals surface area contributed by atoms with E-state index >= 15 is 0 Å². The van der Waals surface area contributed by atoms with Crippen molar-refractivity contribution in [3.05, 3.63) is 66.0 Å². The molecule has 24 heavy (non-hydrogen) atoms. The number of rotatable bonds is 3. The fourth-order valence-corrected chi connectivity index (χ4v) is 3.74. The number of hydrogen-bond acceptors (Lipinski definition) is 5. The van der Waals surface area contributed by atoms with Crippen molar-refractivity contribution in [3.63, 3.8) is 0 Å². The second-order valence-corrected chi connectivity index (χ2v) is 6.92. The summed E-state index contributed by atoms with van der Waals surface area (Å²) in [5, 5.41) is 0.799. The summed E-state index contributed by atoms with van der Waals surface area (Å²) in [5.41, 5.74) is 10.8. The van der Waals surface area contributed by atoms with Gasteiger partial charge >= 0.3 is 0 Å². The molecule has 0 unspecified atom stereocenters. The summed E-state index contributed by atoms with van der Waals surface area (Å²) in [7, 11) is 0. The molecule has 0 spiro atoms. The summed E-state index contributed by atoms with van der Waals surface area (Å²) in [6.45, 7) is 2.98. The van der Waals surface area contributed by atoms with E-state index in [4.69, 9.17) is 5.73 Å². The molecule has 0 saturated heterocycles. The summed E-state index contributed by atoms with van der Waals surface area (Å²) in [5.74, 6) is 0.796. The van der Waals surface area contributed by atoms with Gasteiger partial charge in [-0.15, -0.1) is 0 Å². The Kier molecular flexibility index (Phi) is 3.86. The molecule has 0 bridgehead atoms. The quantitative estimate of drug-likeness (QED) is 0.727. The summed E-state index contributed by atoms with van der Waals surface area (Å²) >= 11 is 1.57. The average molecular weight is 334 g/mol. The standard InChI is InChI=1S/C19H18N4S/c1-13-6-8-15(9-7-13)24-19-17(20)18(21-12-22-19)23-11-10-14-4-2-3-5-16(14)23/h2-9,12H,10-11,20H2,1H3. The van der Waals surface area contributed by atoms with E-state index in [9.17, 15) is 0 Å². The van der Waals surface area contributed by atoms with Crippen LogP contribution in [0.15, 0.2) is 64.8 Å². The van der Waals surface area contributed by atoms with Gasteiger partial charge in [-0.05, 0) is 37.1 Å². The monoisotopic (exact) mass is 334 g/mol. The van der Waals surface area contributed by atoms with Gasteiger partial charge in [0.2, 0.25) is 0 Å². The molecule has 0 saturated carbocycles. The summed E-state index contributed by atoms with van der Waals surface area (Å²) in [4.78, 5) is 12.1. The van der Waals surface area contributed by atoms with Crippen LogP contribution in [0.5, 0.6) is 0 Å². The van der Waals surface area contributed by atoms with E-state index in [1.165, 1.54) is 16.8 Å². The maximum absolute atomic E-state index is 6.41. The zero-order valence-electron chi connectivity index (χ0n) is 13.4. The summed E-state index contributed by atoms with van der Waals surface area (Å²) in [6, 6.07) is 16.8. The minimum atomic E-state index is 0.639. The maximum atomic E-state index is 6.41. The van der Waals surface area contributed by atoms with E-state index < -0.39 is 0 Å². The van der Waals surface area contributed by atoms with Gasteiger partial charge in [0.1, 0.15) is 17.0 Å². The first-order valence-corrected chi connectivity index (χ1v) is 8.74. The van der Waals surface area contributed by atoms with Gasteiger partial charge in [-0.3, -0.25) is 0 Å². The molecule has 5 heteroatoms. The third-order valence-electron chi connectivity index (χ3n) is 4.20. The first kappa shape index (κ1) is 15.0. The van der Waals surface area contributed by atoms with Crippen molar-refractivity contribution in [2.45, 2.75) is 23.3 Å². The SMILES string of the molecule is Cc1ccc(Sc2ncnc(N3CCc4ccccc43)c2N)cc1. The van der Waals surface area contributed by atoms with Gasteiger partial charge in [-0.25, -0.2) is 9.97 Å². The second-order valence-electron chi connectivity index (χ2n) is 5.86. The highest BCUT2D eigenvalue weighted by Gasteiger charge is 2.24. The predicted molar refractivity (Wildman–Crippen MR) is 98.9 cm³/mol. The fraction of sp³-hybridized carbons (Fsp3) is 0.158. The van der Waals surface area contributed by atoms with Crippen molar-refractivity contribution in [3.8, 4) is 0 Å². The lowest BCUT2D eigenvalue weighted by atomic mass is 10.2. The Balaban J connectivity index is 1.68. The van der Waals surface area contributed by atoms with Crippen molar-refractivity contribution >= 4 is 29.0 Å². The smallest absolute Gasteiger partial charge is 0.160 e. The zero-order valence-corrected chi connectivity index (χ0v) is 14.3. The molecule has 2 heterocycles. The van der Waals surface area contributed by atoms with E-state index in [1.807, 2.05) is 0 Å². The molecule has 0 atom stereocenters. The van der Waals surface area contributed by atoms with Gasteiger partial charge in [0.25, 0.3) is 0 Å². The molecule has 1 aliphatic rings. The number of nitrogen functional groups attached to an aromatic ring is 1. The van der Waals surface area contributed by atoms with Crippen molar-refractivity contribution in [2.75, 3.05) is 17.2 Å². The van der Waals surface area contributed by atoms with Crippen LogP contribution in [0.1, 0.15) is 11.1 Å². The highest BCUT2D eigenvalue weighted by Crippen LogP contribution is 2.39. The number of para-hydroxylation sites is 1. The minimum Gasteiger partial charge on any atom is -0.394 e. The number of aryl methyl sites for hydroxylation is 1. The third kappa shape index (κ3) is 2.71. The van der Waals surface area contributed by atoms with Crippen LogP contribution in [0.2, 0.25) is 0 Å². The van der Waals surface area contributed by atoms with Crippen LogP contribution in [0.3, 0.4) is 0 Å². The number of nitrogens with two attached hydrogens (primary N) is 1. The molecule has 4 nitrogen and oxygen atoms in total. The Bertz CT molecular complexity index is 877. The van der Waals surface area contributed by atoms with E-state index in [0.29, 0.717) is 5.69 Å². The minimum absolute atomic E-state index is 0.639. The van der Waals surface area contributed by atoms with E-state index in [1.54, 1.807) is 18.1 Å². The summed E-state index contributed by atoms with van der Waals surface area (Å²) in [6.07, 6.45) is 2.61. The van der Waals surface area contributed by atoms with Gasteiger partial charge in [0.15, 0.2) is 5.82 Å². The Hall–Kier alpha value is -2.53. The van der Waals surface area contributed by atoms with Crippen molar-refractivity contribution in [1.82, 2.24) is 9.97 Å². The molecule has 3 aromatic rings. The Morgan fingerprint density at radius 3 is 2.67 bits per heavy atom. The molecule has 120 valence electrons. The van der Waals surface area contributed by atoms with Gasteiger partial charge in [0, 0.05) is 17.1 Å². The lowest BCUT2D eigenvalue weighted by Crippen LogP contribution is -2.17. The van der Waals surface area contributed by atoms with Gasteiger partial charge in [-0.1, -0.05) is 47.7 Å². The molecule has 4 rings (SSSR count). The van der Waals surface area contributed by atoms with Gasteiger partial charge in [-0.2, -0.15) is 0 Å². The molecule has 0 radical (unpaired) electrons. The Labute approximate surface area is 145 Å². The number of nitrogens with zero attached hydrogens (tertiary/aromatic N) is 3. The maximum Gasteiger partial charge on any atom is 0.160 e. The summed E-state index contributed by atoms with van der Waals surface area (Å²) < 4.78 is 0. The first-order chi connectivity index (χ1) is 11.7. The van der Waals surface area contributed by atoms with Crippen LogP contribution in [0.25, 0.3) is 0 Å². The van der Waals surface area contributed by atoms with E-state index in [2.05, 4.69) is 70.3 Å². The predicted octanol–water partition coefficient (Wildman–Crippen LogP) is 4.21. The molecule has 2 aromatic carbocycles. The largest absolute Gasteiger partial charge is 0.394 e. The second kappa shape index (κ2) is 6.17. The van der Waals surface area contributed by atoms with Gasteiger partial charge < -0.3 is 10.6 Å². The topological polar surface area (TPSA) is 55.0 Å². The lowest BCUT2D eigenvalue weighted by Gasteiger charge is -2.20. The van der Waals surface area contributed by atoms with Crippen LogP contribution >= 0.6 is 11.8 Å². The van der Waals surface area contributed by atoms with Crippen LogP contribution in [0, 0.1) is 6.92 Å². The number of aromatic nitrogens is 2. The number of hydrogen-bond donors (Lipinski definition) is 1. The molecular formula is C19H18N4S. The Morgan fingerprint density at radius 1 is 1.04 bits per heavy atom. The Morgan fingerprint density at radius 2 is 1.83 bits per heavy atom. The molecule has 1 aliphatic heterocycles. The van der Waals surface area contributed by atoms with Crippen LogP contribution in [0.4, 0.5) is 17.2 Å². The fourth-order valence-electron chi connectivity index (χ4n) is 2.94. The molecular weight excluding hydrogens is 316 g/mol. The lowest BCUT2D eigenvalue weighted by molar-refractivity contribution is 0.948. The highest BCUT2D eigenvalue weighted by molar-refractivity contribution is 7.99. The van der Waals surface area contributed by atoms with E-state index in [0.717, 1.165) is 28.7 Å². The first-order valence-electron chi connectivity index (χ1n) is 7.93. The van der Waals surface area contributed by atoms with Crippen LogP contribution < -0.4 is 10.6 Å². The molecule has 1 aromatic heterocycles. The highest BCUT2D eigenvalue weighted by atomic mass is 32.2. The molecule has 0 fully saturated rings. The number of fused-ring (bicyclic) bond motifs is 1. The average Bonchev–Trinajstić information content (AvgIpc) is 3.03. The normalized spacial score (nSPS) is 13.1. The van der Waals surface area contributed by atoms with Crippen molar-refractivity contribution in [2.24, 2.45) is 0 Å². The molecule has 0 aliphatic carbocycles.